The molecule has 0 fully saturated rings. The quantitative estimate of drug-likeness (QED) is 0.0519. The van der Waals surface area contributed by atoms with Gasteiger partial charge in [-0.2, -0.15) is 4.58 Å². The number of hydrogen-bond acceptors (Lipinski definition) is 7. The molecule has 336 valence electrons. The van der Waals surface area contributed by atoms with Crippen LogP contribution >= 0.6 is 11.6 Å². The van der Waals surface area contributed by atoms with Crippen molar-refractivity contribution in [1.29, 1.82) is 0 Å². The summed E-state index contributed by atoms with van der Waals surface area (Å²) in [5, 5.41) is 21.8. The Labute approximate surface area is 383 Å². The third kappa shape index (κ3) is 9.82. The third-order valence-corrected chi connectivity index (χ3v) is 13.6. The van der Waals surface area contributed by atoms with Crippen LogP contribution in [-0.2, 0) is 30.0 Å². The molecule has 9 nitrogen and oxygen atoms in total. The predicted octanol–water partition coefficient (Wildman–Crippen LogP) is 9.99. The minimum absolute atomic E-state index is 0.0578. The van der Waals surface area contributed by atoms with Crippen LogP contribution in [0.3, 0.4) is 0 Å². The number of nitrogens with zero attached hydrogens (tertiary/aromatic N) is 2. The predicted molar refractivity (Wildman–Crippen MR) is 261 cm³/mol. The van der Waals surface area contributed by atoms with Gasteiger partial charge in [0.2, 0.25) is 5.69 Å². The van der Waals surface area contributed by atoms with E-state index >= 15 is 0 Å². The molecule has 3 aliphatic rings. The van der Waals surface area contributed by atoms with Gasteiger partial charge in [-0.3, -0.25) is 14.4 Å². The minimum Gasteiger partial charge on any atom is -0.453 e. The lowest BCUT2D eigenvalue weighted by molar-refractivity contribution is -0.440. The van der Waals surface area contributed by atoms with Gasteiger partial charge in [0.25, 0.3) is 5.91 Å². The number of halogens is 1. The number of fused-ring (bicyclic) bond motifs is 6. The second kappa shape index (κ2) is 20.2. The first kappa shape index (κ1) is 46.6. The van der Waals surface area contributed by atoms with E-state index in [0.717, 1.165) is 72.6 Å². The molecule has 1 atom stereocenters. The van der Waals surface area contributed by atoms with E-state index in [4.69, 9.17) is 16.3 Å². The number of unbranched alkanes of at least 4 members (excludes halogenated alkanes) is 2. The molecule has 10 heteroatoms. The van der Waals surface area contributed by atoms with E-state index < -0.39 is 12.1 Å². The molecule has 0 bridgehead atoms. The number of nitrogens with one attached hydrogen (secondary N) is 2. The number of carbonyl (C=O) groups is 3. The van der Waals surface area contributed by atoms with Gasteiger partial charge < -0.3 is 25.4 Å². The Bertz CT molecular complexity index is 2600. The number of ketones is 1. The van der Waals surface area contributed by atoms with Crippen LogP contribution in [0.2, 0.25) is 0 Å². The third-order valence-electron chi connectivity index (χ3n) is 13.1. The zero-order valence-corrected chi connectivity index (χ0v) is 39.1. The molecule has 4 aromatic carbocycles. The molecule has 1 aliphatic carbocycles. The minimum atomic E-state index is -0.849. The van der Waals surface area contributed by atoms with Gasteiger partial charge in [-0.05, 0) is 109 Å². The number of anilines is 1. The van der Waals surface area contributed by atoms with Gasteiger partial charge in [0.15, 0.2) is 18.4 Å². The smallest absolute Gasteiger partial charge is 0.303 e. The summed E-state index contributed by atoms with van der Waals surface area (Å²) in [6, 6.07) is 26.1. The number of ether oxygens (including phenoxy) is 1. The number of benzene rings is 4. The van der Waals surface area contributed by atoms with Crippen molar-refractivity contribution >= 4 is 67.9 Å². The summed E-state index contributed by atoms with van der Waals surface area (Å²) in [6.45, 7) is 14.4. The monoisotopic (exact) mass is 883 g/mol. The average molecular weight is 885 g/mol. The van der Waals surface area contributed by atoms with Gasteiger partial charge >= 0.3 is 5.97 Å². The Kier molecular flexibility index (Phi) is 14.7. The Morgan fingerprint density at radius 3 is 2.28 bits per heavy atom. The second-order valence-corrected chi connectivity index (χ2v) is 18.7. The molecule has 2 heterocycles. The number of hydrogen-bond donors (Lipinski definition) is 3. The molecule has 7 rings (SSSR count). The Morgan fingerprint density at radius 1 is 0.859 bits per heavy atom. The highest BCUT2D eigenvalue weighted by Gasteiger charge is 2.45. The lowest BCUT2D eigenvalue weighted by Crippen LogP contribution is -2.39. The van der Waals surface area contributed by atoms with E-state index in [9.17, 15) is 19.5 Å². The number of rotatable bonds is 18. The van der Waals surface area contributed by atoms with Crippen molar-refractivity contribution in [3.05, 3.63) is 130 Å². The van der Waals surface area contributed by atoms with E-state index in [1.807, 2.05) is 0 Å². The van der Waals surface area contributed by atoms with Crippen molar-refractivity contribution in [2.24, 2.45) is 0 Å². The standard InChI is InChI=1S/C54H63ClN4O5/c1-36(64-37(2)61)52(63)57-31-30-56-35-42(62)19-8-7-13-32-58-45-26-22-38-15-9-11-20-43(38)49(45)53(3,4)47(58)28-24-40-17-14-18-41(51(40)55)25-29-48-54(5,6)50-44-21-12-10-16-39(44)23-27-46(50)59(48)33-34-60/h9-12,15-16,20-29,36,56,60H,7-8,13-14,17-19,30-35H2,1-6H3/p+1/t36-/m0/s1. The number of allylic oxidation sites excluding steroid dienone is 8. The summed E-state index contributed by atoms with van der Waals surface area (Å²) >= 11 is 7.35. The van der Waals surface area contributed by atoms with Crippen molar-refractivity contribution < 1.29 is 28.8 Å². The summed E-state index contributed by atoms with van der Waals surface area (Å²) in [5.74, 6) is -0.722. The Hall–Kier alpha value is -5.35. The fourth-order valence-corrected chi connectivity index (χ4v) is 10.3. The molecule has 4 aromatic rings. The molecule has 0 spiro atoms. The molecule has 0 saturated heterocycles. The zero-order valence-electron chi connectivity index (χ0n) is 38.4. The fourth-order valence-electron chi connectivity index (χ4n) is 10.0. The van der Waals surface area contributed by atoms with Crippen molar-refractivity contribution in [2.75, 3.05) is 44.2 Å². The Balaban J connectivity index is 1.05. The van der Waals surface area contributed by atoms with Crippen LogP contribution < -0.4 is 15.5 Å². The number of amides is 1. The number of β-amino-alcohol motifs (C(OH)–C–C–N with tert-alkyl or cyclic N) is 1. The second-order valence-electron chi connectivity index (χ2n) is 18.4. The molecule has 0 radical (unpaired) electrons. The van der Waals surface area contributed by atoms with Gasteiger partial charge in [-0.15, -0.1) is 0 Å². The van der Waals surface area contributed by atoms with Crippen LogP contribution in [0.15, 0.2) is 119 Å². The van der Waals surface area contributed by atoms with Gasteiger partial charge in [0.1, 0.15) is 12.4 Å². The summed E-state index contributed by atoms with van der Waals surface area (Å²) in [7, 11) is 0. The maximum absolute atomic E-state index is 12.7. The van der Waals surface area contributed by atoms with Crippen LogP contribution in [0.25, 0.3) is 21.5 Å². The van der Waals surface area contributed by atoms with Gasteiger partial charge in [0.05, 0.1) is 12.0 Å². The van der Waals surface area contributed by atoms with Crippen LogP contribution in [0.4, 0.5) is 11.4 Å². The number of carbonyl (C=O) groups excluding carboxylic acids is 3. The number of aliphatic hydroxyl groups excluding tert-OH is 1. The SMILES string of the molecule is CC(=O)O[C@@H](C)C(=O)NCCNCC(=O)CCCCCN1/C(=C\C=C2/CCCC(/C=C/C3=[N+](CCO)c4ccc5ccccc5c4C3(C)C)=C2Cl)C(C)(C)c2c1ccc1ccccc21. The fraction of sp³-hybridized carbons (Fsp3) is 0.407. The molecule has 2 aliphatic heterocycles. The highest BCUT2D eigenvalue weighted by molar-refractivity contribution is 6.32. The highest BCUT2D eigenvalue weighted by atomic mass is 35.5. The van der Waals surface area contributed by atoms with Crippen molar-refractivity contribution in [3.8, 4) is 0 Å². The number of aliphatic hydroxyl groups is 1. The van der Waals surface area contributed by atoms with Crippen molar-refractivity contribution in [3.63, 3.8) is 0 Å². The molecular weight excluding hydrogens is 820 g/mol. The maximum atomic E-state index is 12.7. The molecule has 0 unspecified atom stereocenters. The molecular formula is C54H64ClN4O5+. The first-order chi connectivity index (χ1) is 30.7. The zero-order chi connectivity index (χ0) is 45.6. The first-order valence-electron chi connectivity index (χ1n) is 23.0. The topological polar surface area (TPSA) is 111 Å². The summed E-state index contributed by atoms with van der Waals surface area (Å²) in [5.41, 5.74) is 9.13. The molecule has 1 amide bonds. The lowest BCUT2D eigenvalue weighted by atomic mass is 9.78. The molecule has 3 N–H and O–H groups in total. The highest BCUT2D eigenvalue weighted by Crippen LogP contribution is 2.51. The van der Waals surface area contributed by atoms with Crippen LogP contribution in [-0.4, -0.2) is 78.5 Å². The molecule has 64 heavy (non-hydrogen) atoms. The Morgan fingerprint density at radius 2 is 1.56 bits per heavy atom. The van der Waals surface area contributed by atoms with E-state index in [1.54, 1.807) is 0 Å². The van der Waals surface area contributed by atoms with Gasteiger partial charge in [0, 0.05) is 72.5 Å². The van der Waals surface area contributed by atoms with Crippen molar-refractivity contribution in [1.82, 2.24) is 10.6 Å². The average Bonchev–Trinajstić information content (AvgIpc) is 3.63. The van der Waals surface area contributed by atoms with E-state index in [0.29, 0.717) is 26.1 Å². The van der Waals surface area contributed by atoms with Crippen LogP contribution in [0.5, 0.6) is 0 Å². The summed E-state index contributed by atoms with van der Waals surface area (Å²) in [4.78, 5) is 38.3. The van der Waals surface area contributed by atoms with E-state index in [-0.39, 0.29) is 35.7 Å². The first-order valence-corrected chi connectivity index (χ1v) is 23.4. The molecule has 0 saturated carbocycles. The summed E-state index contributed by atoms with van der Waals surface area (Å²) in [6.07, 6.45) is 14.1. The van der Waals surface area contributed by atoms with E-state index in [2.05, 4.69) is 145 Å². The van der Waals surface area contributed by atoms with Gasteiger partial charge in [-0.25, -0.2) is 0 Å². The van der Waals surface area contributed by atoms with E-state index in [1.165, 1.54) is 57.9 Å². The van der Waals surface area contributed by atoms with Crippen LogP contribution in [0, 0.1) is 0 Å². The van der Waals surface area contributed by atoms with Crippen molar-refractivity contribution in [2.45, 2.75) is 103 Å². The lowest BCUT2D eigenvalue weighted by Gasteiger charge is -2.27. The molecule has 0 aromatic heterocycles. The van der Waals surface area contributed by atoms with Gasteiger partial charge in [-0.1, -0.05) is 98.6 Å². The largest absolute Gasteiger partial charge is 0.453 e. The normalized spacial score (nSPS) is 18.4. The maximum Gasteiger partial charge on any atom is 0.303 e. The number of esters is 1. The van der Waals surface area contributed by atoms with Crippen LogP contribution in [0.1, 0.15) is 97.6 Å². The number of Topliss-reactive ketones (excluding diaryl/α,β-unsaturated/α-hetero) is 1. The summed E-state index contributed by atoms with van der Waals surface area (Å²) < 4.78 is 7.17.